The van der Waals surface area contributed by atoms with Crippen LogP contribution in [0.15, 0.2) is 65.3 Å². The van der Waals surface area contributed by atoms with Crippen LogP contribution in [0.3, 0.4) is 0 Å². The number of hydrogen-bond donors (Lipinski definition) is 2. The number of anilines is 1. The van der Waals surface area contributed by atoms with Crippen molar-refractivity contribution in [3.8, 4) is 28.3 Å². The normalized spacial score (nSPS) is 10.9. The molecule has 14 heteroatoms. The van der Waals surface area contributed by atoms with Gasteiger partial charge < -0.3 is 19.7 Å². The Morgan fingerprint density at radius 3 is 2.69 bits per heavy atom. The summed E-state index contributed by atoms with van der Waals surface area (Å²) in [6.45, 7) is -0.276. The van der Waals surface area contributed by atoms with E-state index in [0.29, 0.717) is 27.0 Å². The van der Waals surface area contributed by atoms with Gasteiger partial charge in [0.05, 0.1) is 41.0 Å². The Kier molecular flexibility index (Phi) is 7.54. The smallest absolute Gasteiger partial charge is 0.323 e. The molecule has 0 aromatic carbocycles. The van der Waals surface area contributed by atoms with Gasteiger partial charge in [-0.05, 0) is 30.3 Å². The highest BCUT2D eigenvalue weighted by atomic mass is 35.5. The second-order valence-electron chi connectivity index (χ2n) is 8.02. The number of thiophene rings is 1. The minimum atomic E-state index is -1.19. The van der Waals surface area contributed by atoms with Crippen LogP contribution in [-0.2, 0) is 17.9 Å². The number of nitrogens with zero attached hydrogens (tertiary/aromatic N) is 5. The summed E-state index contributed by atoms with van der Waals surface area (Å²) in [7, 11) is 1.40. The van der Waals surface area contributed by atoms with Gasteiger partial charge in [0, 0.05) is 22.8 Å². The summed E-state index contributed by atoms with van der Waals surface area (Å²) in [5.41, 5.74) is 1.83. The zero-order chi connectivity index (χ0) is 27.5. The lowest BCUT2D eigenvalue weighted by Gasteiger charge is -2.12. The number of carboxylic acids is 1. The van der Waals surface area contributed by atoms with Crippen LogP contribution in [0, 0.1) is 0 Å². The van der Waals surface area contributed by atoms with E-state index in [1.807, 2.05) is 6.07 Å². The van der Waals surface area contributed by atoms with Crippen LogP contribution >= 0.6 is 34.3 Å². The first kappa shape index (κ1) is 26.3. The van der Waals surface area contributed by atoms with Gasteiger partial charge in [-0.3, -0.25) is 24.4 Å². The SMILES string of the molecule is COc1c(-c2c(-c3ccccn3)ccn(CC(=O)O)c2=O)nn(C(=O)c2cncs2)c1NCc1ccc(Cl)s1. The first-order chi connectivity index (χ1) is 18.9. The van der Waals surface area contributed by atoms with Gasteiger partial charge in [0.2, 0.25) is 0 Å². The second-order valence-corrected chi connectivity index (χ2v) is 10.7. The van der Waals surface area contributed by atoms with Gasteiger partial charge >= 0.3 is 5.97 Å². The summed E-state index contributed by atoms with van der Waals surface area (Å²) >= 11 is 8.59. The molecule has 0 fully saturated rings. The van der Waals surface area contributed by atoms with Crippen molar-refractivity contribution >= 4 is 52.0 Å². The second kappa shape index (κ2) is 11.2. The fraction of sp³-hybridized carbons (Fsp3) is 0.120. The Bertz CT molecular complexity index is 1710. The molecule has 0 bridgehead atoms. The molecule has 5 heterocycles. The molecule has 0 saturated carbocycles. The number of ether oxygens (including phenoxy) is 1. The third-order valence-corrected chi connectivity index (χ3v) is 7.58. The van der Waals surface area contributed by atoms with E-state index >= 15 is 0 Å². The molecule has 0 spiro atoms. The highest BCUT2D eigenvalue weighted by Crippen LogP contribution is 2.39. The van der Waals surface area contributed by atoms with E-state index in [9.17, 15) is 19.5 Å². The summed E-state index contributed by atoms with van der Waals surface area (Å²) in [6, 6.07) is 10.4. The van der Waals surface area contributed by atoms with E-state index in [4.69, 9.17) is 16.3 Å². The number of pyridine rings is 2. The van der Waals surface area contributed by atoms with Gasteiger partial charge in [-0.15, -0.1) is 22.7 Å². The van der Waals surface area contributed by atoms with Crippen molar-refractivity contribution < 1.29 is 19.4 Å². The molecular formula is C25H19ClN6O5S2. The molecule has 0 aliphatic rings. The maximum Gasteiger partial charge on any atom is 0.323 e. The van der Waals surface area contributed by atoms with Gasteiger partial charge in [-0.2, -0.15) is 9.78 Å². The summed E-state index contributed by atoms with van der Waals surface area (Å²) in [4.78, 5) is 48.2. The van der Waals surface area contributed by atoms with Gasteiger partial charge in [-0.1, -0.05) is 17.7 Å². The number of nitrogens with one attached hydrogen (secondary N) is 1. The van der Waals surface area contributed by atoms with Crippen LogP contribution in [-0.4, -0.2) is 48.4 Å². The Balaban J connectivity index is 1.74. The monoisotopic (exact) mass is 582 g/mol. The summed E-state index contributed by atoms with van der Waals surface area (Å²) in [5, 5.41) is 17.1. The number of hydrogen-bond acceptors (Lipinski definition) is 10. The minimum absolute atomic E-state index is 0.0346. The van der Waals surface area contributed by atoms with Crippen LogP contribution in [0.5, 0.6) is 5.75 Å². The van der Waals surface area contributed by atoms with Crippen molar-refractivity contribution in [1.29, 1.82) is 0 Å². The number of aromatic nitrogens is 5. The average molecular weight is 583 g/mol. The van der Waals surface area contributed by atoms with Crippen LogP contribution in [0.1, 0.15) is 14.5 Å². The molecule has 0 radical (unpaired) electrons. The summed E-state index contributed by atoms with van der Waals surface area (Å²) in [5.74, 6) is -1.35. The van der Waals surface area contributed by atoms with E-state index in [1.165, 1.54) is 36.4 Å². The number of carboxylic acid groups (broad SMARTS) is 1. The molecule has 39 heavy (non-hydrogen) atoms. The van der Waals surface area contributed by atoms with E-state index in [1.54, 1.807) is 36.5 Å². The largest absolute Gasteiger partial charge is 0.491 e. The molecule has 0 saturated heterocycles. The maximum absolute atomic E-state index is 13.7. The van der Waals surface area contributed by atoms with E-state index < -0.39 is 24.0 Å². The maximum atomic E-state index is 13.7. The van der Waals surface area contributed by atoms with Crippen LogP contribution in [0.2, 0.25) is 4.34 Å². The zero-order valence-corrected chi connectivity index (χ0v) is 22.6. The lowest BCUT2D eigenvalue weighted by Crippen LogP contribution is -2.25. The Morgan fingerprint density at radius 2 is 2.05 bits per heavy atom. The van der Waals surface area contributed by atoms with E-state index in [0.717, 1.165) is 25.5 Å². The van der Waals surface area contributed by atoms with Gasteiger partial charge in [0.25, 0.3) is 11.5 Å². The lowest BCUT2D eigenvalue weighted by atomic mass is 10.0. The number of rotatable bonds is 9. The molecular weight excluding hydrogens is 564 g/mol. The number of carbonyl (C=O) groups is 2. The highest BCUT2D eigenvalue weighted by Gasteiger charge is 2.29. The molecule has 0 aliphatic carbocycles. The highest BCUT2D eigenvalue weighted by molar-refractivity contribution is 7.16. The molecule has 11 nitrogen and oxygen atoms in total. The zero-order valence-electron chi connectivity index (χ0n) is 20.2. The molecule has 0 amide bonds. The fourth-order valence-electron chi connectivity index (χ4n) is 3.92. The summed E-state index contributed by atoms with van der Waals surface area (Å²) < 4.78 is 8.50. The number of aliphatic carboxylic acids is 1. The van der Waals surface area contributed by atoms with Crippen molar-refractivity contribution in [3.63, 3.8) is 0 Å². The van der Waals surface area contributed by atoms with Gasteiger partial charge in [0.15, 0.2) is 11.6 Å². The molecule has 5 aromatic heterocycles. The van der Waals surface area contributed by atoms with Crippen LogP contribution in [0.4, 0.5) is 5.82 Å². The third kappa shape index (κ3) is 5.32. The van der Waals surface area contributed by atoms with Crippen molar-refractivity contribution in [1.82, 2.24) is 24.3 Å². The Labute approximate surface area is 233 Å². The van der Waals surface area contributed by atoms with Crippen molar-refractivity contribution in [2.45, 2.75) is 13.1 Å². The number of halogens is 1. The van der Waals surface area contributed by atoms with Crippen molar-refractivity contribution in [2.24, 2.45) is 0 Å². The number of methoxy groups -OCH3 is 1. The third-order valence-electron chi connectivity index (χ3n) is 5.59. The van der Waals surface area contributed by atoms with E-state index in [-0.39, 0.29) is 22.8 Å². The lowest BCUT2D eigenvalue weighted by molar-refractivity contribution is -0.137. The Morgan fingerprint density at radius 1 is 1.21 bits per heavy atom. The average Bonchev–Trinajstić information content (AvgIpc) is 3.68. The predicted octanol–water partition coefficient (Wildman–Crippen LogP) is 4.34. The minimum Gasteiger partial charge on any atom is -0.491 e. The van der Waals surface area contributed by atoms with Gasteiger partial charge in [-0.25, -0.2) is 0 Å². The van der Waals surface area contributed by atoms with Crippen LogP contribution < -0.4 is 15.6 Å². The molecule has 5 rings (SSSR count). The number of thiazole rings is 1. The predicted molar refractivity (Wildman–Crippen MR) is 148 cm³/mol. The molecule has 5 aromatic rings. The molecule has 2 N–H and O–H groups in total. The van der Waals surface area contributed by atoms with Crippen molar-refractivity contribution in [2.75, 3.05) is 12.4 Å². The Hall–Kier alpha value is -4.33. The van der Waals surface area contributed by atoms with Crippen LogP contribution in [0.25, 0.3) is 22.5 Å². The van der Waals surface area contributed by atoms with Gasteiger partial charge in [0.1, 0.15) is 17.1 Å². The molecule has 198 valence electrons. The fourth-order valence-corrected chi connectivity index (χ4v) is 5.49. The number of carbonyl (C=O) groups excluding carboxylic acids is 1. The molecule has 0 atom stereocenters. The quantitative estimate of drug-likeness (QED) is 0.259. The van der Waals surface area contributed by atoms with E-state index in [2.05, 4.69) is 20.4 Å². The molecule has 0 aliphatic heterocycles. The topological polar surface area (TPSA) is 141 Å². The standard InChI is InChI=1S/C25H19ClN6O5S2/c1-37-22-21(20-15(16-4-2-3-8-28-16)7-9-31(25(20)36)12-19(33)34)30-32(24(35)17-11-27-13-38-17)23(22)29-10-14-5-6-18(26)39-14/h2-9,11,13,29H,10,12H2,1H3,(H,33,34). The summed E-state index contributed by atoms with van der Waals surface area (Å²) in [6.07, 6.45) is 4.38. The first-order valence-corrected chi connectivity index (χ1v) is 13.4. The first-order valence-electron chi connectivity index (χ1n) is 11.3. The van der Waals surface area contributed by atoms with Crippen molar-refractivity contribution in [3.05, 3.63) is 84.9 Å². The molecule has 0 unspecified atom stereocenters.